The van der Waals surface area contributed by atoms with Crippen molar-refractivity contribution in [2.45, 2.75) is 32.5 Å². The molecule has 164 valence electrons. The first-order valence-corrected chi connectivity index (χ1v) is 11.3. The quantitative estimate of drug-likeness (QED) is 0.407. The van der Waals surface area contributed by atoms with Crippen molar-refractivity contribution in [2.24, 2.45) is 0 Å². The first kappa shape index (κ1) is 21.8. The number of amides is 1. The first-order valence-electron chi connectivity index (χ1n) is 10.4. The van der Waals surface area contributed by atoms with Gasteiger partial charge in [0.25, 0.3) is 0 Å². The van der Waals surface area contributed by atoms with Crippen molar-refractivity contribution >= 4 is 28.1 Å². The Morgan fingerprint density at radius 2 is 1.91 bits per heavy atom. The van der Waals surface area contributed by atoms with Crippen LogP contribution in [0.15, 0.2) is 77.0 Å². The van der Waals surface area contributed by atoms with E-state index in [2.05, 4.69) is 18.1 Å². The fourth-order valence-corrected chi connectivity index (χ4v) is 4.58. The van der Waals surface area contributed by atoms with Crippen LogP contribution in [-0.2, 0) is 24.3 Å². The zero-order valence-electron chi connectivity index (χ0n) is 18.1. The van der Waals surface area contributed by atoms with Gasteiger partial charge in [0.15, 0.2) is 0 Å². The SMILES string of the molecule is COc1ccc(CN(C(=O)Cn2ncc(=O)c3ccccc32)C(C)Cc2cccs2)cc1. The Bertz CT molecular complexity index is 1250. The van der Waals surface area contributed by atoms with Crippen molar-refractivity contribution in [3.05, 3.63) is 92.9 Å². The molecule has 4 rings (SSSR count). The molecule has 0 aliphatic carbocycles. The van der Waals surface area contributed by atoms with Gasteiger partial charge in [-0.1, -0.05) is 30.3 Å². The van der Waals surface area contributed by atoms with Crippen LogP contribution in [0, 0.1) is 0 Å². The maximum Gasteiger partial charge on any atom is 0.244 e. The molecule has 0 spiro atoms. The third-order valence-corrected chi connectivity index (χ3v) is 6.39. The Kier molecular flexibility index (Phi) is 6.66. The van der Waals surface area contributed by atoms with Gasteiger partial charge in [0.2, 0.25) is 11.3 Å². The molecule has 2 heterocycles. The van der Waals surface area contributed by atoms with Crippen molar-refractivity contribution < 1.29 is 9.53 Å². The lowest BCUT2D eigenvalue weighted by Crippen LogP contribution is -2.41. The Balaban J connectivity index is 1.61. The monoisotopic (exact) mass is 447 g/mol. The third kappa shape index (κ3) is 4.89. The molecular weight excluding hydrogens is 422 g/mol. The molecule has 1 atom stereocenters. The van der Waals surface area contributed by atoms with Crippen LogP contribution in [0.4, 0.5) is 0 Å². The second-order valence-electron chi connectivity index (χ2n) is 7.69. The van der Waals surface area contributed by atoms with Crippen LogP contribution in [0.3, 0.4) is 0 Å². The van der Waals surface area contributed by atoms with Crippen molar-refractivity contribution in [3.8, 4) is 5.75 Å². The highest BCUT2D eigenvalue weighted by Gasteiger charge is 2.22. The average molecular weight is 448 g/mol. The van der Waals surface area contributed by atoms with E-state index >= 15 is 0 Å². The number of para-hydroxylation sites is 1. The lowest BCUT2D eigenvalue weighted by Gasteiger charge is -2.30. The molecule has 7 heteroatoms. The van der Waals surface area contributed by atoms with Crippen molar-refractivity contribution in [3.63, 3.8) is 0 Å². The van der Waals surface area contributed by atoms with E-state index in [1.165, 1.54) is 11.1 Å². The maximum atomic E-state index is 13.5. The van der Waals surface area contributed by atoms with Gasteiger partial charge < -0.3 is 9.64 Å². The predicted molar refractivity (Wildman–Crippen MR) is 127 cm³/mol. The normalized spacial score (nSPS) is 11.9. The lowest BCUT2D eigenvalue weighted by atomic mass is 10.1. The average Bonchev–Trinajstić information content (AvgIpc) is 3.32. The van der Waals surface area contributed by atoms with Gasteiger partial charge in [-0.2, -0.15) is 5.10 Å². The molecule has 2 aromatic heterocycles. The number of methoxy groups -OCH3 is 1. The molecule has 1 amide bonds. The molecule has 0 fully saturated rings. The first-order chi connectivity index (χ1) is 15.5. The number of hydrogen-bond acceptors (Lipinski definition) is 5. The number of benzene rings is 2. The summed E-state index contributed by atoms with van der Waals surface area (Å²) in [6.45, 7) is 2.61. The van der Waals surface area contributed by atoms with Crippen LogP contribution >= 0.6 is 11.3 Å². The number of ether oxygens (including phenoxy) is 1. The van der Waals surface area contributed by atoms with E-state index in [0.717, 1.165) is 17.7 Å². The van der Waals surface area contributed by atoms with E-state index in [1.807, 2.05) is 58.8 Å². The molecular formula is C25H25N3O3S. The number of aromatic nitrogens is 2. The number of fused-ring (bicyclic) bond motifs is 1. The maximum absolute atomic E-state index is 13.5. The van der Waals surface area contributed by atoms with Gasteiger partial charge in [-0.3, -0.25) is 14.3 Å². The number of nitrogens with zero attached hydrogens (tertiary/aromatic N) is 3. The summed E-state index contributed by atoms with van der Waals surface area (Å²) in [5, 5.41) is 6.84. The Labute approximate surface area is 190 Å². The molecule has 0 aliphatic rings. The number of rotatable bonds is 8. The summed E-state index contributed by atoms with van der Waals surface area (Å²) in [6, 6.07) is 19.1. The van der Waals surface area contributed by atoms with E-state index in [9.17, 15) is 9.59 Å². The van der Waals surface area contributed by atoms with Crippen LogP contribution in [0.2, 0.25) is 0 Å². The highest BCUT2D eigenvalue weighted by Crippen LogP contribution is 2.19. The second-order valence-corrected chi connectivity index (χ2v) is 8.72. The summed E-state index contributed by atoms with van der Waals surface area (Å²) >= 11 is 1.69. The lowest BCUT2D eigenvalue weighted by molar-refractivity contribution is -0.134. The van der Waals surface area contributed by atoms with Crippen molar-refractivity contribution in [1.29, 1.82) is 0 Å². The van der Waals surface area contributed by atoms with Crippen LogP contribution in [0.1, 0.15) is 17.4 Å². The number of hydrogen-bond donors (Lipinski definition) is 0. The van der Waals surface area contributed by atoms with E-state index in [1.54, 1.807) is 29.2 Å². The van der Waals surface area contributed by atoms with Gasteiger partial charge >= 0.3 is 0 Å². The van der Waals surface area contributed by atoms with E-state index in [4.69, 9.17) is 4.74 Å². The van der Waals surface area contributed by atoms with E-state index in [-0.39, 0.29) is 23.9 Å². The number of carbonyl (C=O) groups excluding carboxylic acids is 1. The summed E-state index contributed by atoms with van der Waals surface area (Å²) in [5.74, 6) is 0.730. The summed E-state index contributed by atoms with van der Waals surface area (Å²) in [7, 11) is 1.63. The van der Waals surface area contributed by atoms with Crippen LogP contribution < -0.4 is 10.2 Å². The molecule has 0 saturated heterocycles. The molecule has 0 bridgehead atoms. The molecule has 0 saturated carbocycles. The third-order valence-electron chi connectivity index (χ3n) is 5.49. The largest absolute Gasteiger partial charge is 0.497 e. The second kappa shape index (κ2) is 9.78. The predicted octanol–water partition coefficient (Wildman–Crippen LogP) is 4.13. The number of thiophene rings is 1. The molecule has 4 aromatic rings. The highest BCUT2D eigenvalue weighted by molar-refractivity contribution is 7.09. The molecule has 32 heavy (non-hydrogen) atoms. The molecule has 0 aliphatic heterocycles. The molecule has 2 aromatic carbocycles. The summed E-state index contributed by atoms with van der Waals surface area (Å²) in [6.07, 6.45) is 2.05. The summed E-state index contributed by atoms with van der Waals surface area (Å²) in [5.41, 5.74) is 1.53. The minimum absolute atomic E-state index is 0.00565. The van der Waals surface area contributed by atoms with Gasteiger partial charge in [0.05, 0.1) is 18.8 Å². The molecule has 1 unspecified atom stereocenters. The van der Waals surface area contributed by atoms with E-state index in [0.29, 0.717) is 17.4 Å². The summed E-state index contributed by atoms with van der Waals surface area (Å²) < 4.78 is 6.86. The molecule has 6 nitrogen and oxygen atoms in total. The Hall–Kier alpha value is -3.45. The van der Waals surface area contributed by atoms with Gasteiger partial charge in [-0.25, -0.2) is 0 Å². The fraction of sp³-hybridized carbons (Fsp3) is 0.240. The fourth-order valence-electron chi connectivity index (χ4n) is 3.75. The smallest absolute Gasteiger partial charge is 0.244 e. The number of carbonyl (C=O) groups is 1. The van der Waals surface area contributed by atoms with Gasteiger partial charge in [0, 0.05) is 29.3 Å². The minimum atomic E-state index is -0.148. The zero-order valence-corrected chi connectivity index (χ0v) is 18.9. The molecule has 0 N–H and O–H groups in total. The van der Waals surface area contributed by atoms with Gasteiger partial charge in [-0.15, -0.1) is 11.3 Å². The van der Waals surface area contributed by atoms with Crippen LogP contribution in [0.25, 0.3) is 10.9 Å². The molecule has 0 radical (unpaired) electrons. The van der Waals surface area contributed by atoms with Crippen LogP contribution in [0.5, 0.6) is 5.75 Å². The summed E-state index contributed by atoms with van der Waals surface area (Å²) in [4.78, 5) is 28.8. The standard InChI is InChI=1S/C25H25N3O3S/c1-18(14-21-6-5-13-32-21)27(16-19-9-11-20(31-2)12-10-19)25(30)17-28-23-8-4-3-7-22(23)24(29)15-26-28/h3-13,15,18H,14,16-17H2,1-2H3. The topological polar surface area (TPSA) is 64.4 Å². The van der Waals surface area contributed by atoms with E-state index < -0.39 is 0 Å². The Morgan fingerprint density at radius 1 is 1.12 bits per heavy atom. The highest BCUT2D eigenvalue weighted by atomic mass is 32.1. The minimum Gasteiger partial charge on any atom is -0.497 e. The Morgan fingerprint density at radius 3 is 2.62 bits per heavy atom. The van der Waals surface area contributed by atoms with Gasteiger partial charge in [-0.05, 0) is 48.2 Å². The van der Waals surface area contributed by atoms with Crippen molar-refractivity contribution in [1.82, 2.24) is 14.7 Å². The van der Waals surface area contributed by atoms with Crippen molar-refractivity contribution in [2.75, 3.05) is 7.11 Å². The van der Waals surface area contributed by atoms with Crippen LogP contribution in [-0.4, -0.2) is 33.7 Å². The van der Waals surface area contributed by atoms with Gasteiger partial charge in [0.1, 0.15) is 12.3 Å². The zero-order chi connectivity index (χ0) is 22.5.